The fourth-order valence-corrected chi connectivity index (χ4v) is 2.03. The first kappa shape index (κ1) is 11.0. The number of nitrogens with zero attached hydrogens (tertiary/aromatic N) is 3. The summed E-state index contributed by atoms with van der Waals surface area (Å²) in [5.41, 5.74) is 1.17. The van der Waals surface area contributed by atoms with Crippen molar-refractivity contribution in [3.63, 3.8) is 0 Å². The molecule has 1 unspecified atom stereocenters. The molecule has 2 rings (SSSR count). The fraction of sp³-hybridized carbons (Fsp3) is 0.364. The normalized spacial score (nSPS) is 19.9. The number of aromatic nitrogens is 1. The predicted molar refractivity (Wildman–Crippen MR) is 63.3 cm³/mol. The van der Waals surface area contributed by atoms with Gasteiger partial charge in [0.25, 0.3) is 0 Å². The maximum Gasteiger partial charge on any atom is 0.227 e. The summed E-state index contributed by atoms with van der Waals surface area (Å²) in [5, 5.41) is 8.76. The van der Waals surface area contributed by atoms with Gasteiger partial charge in [0.15, 0.2) is 0 Å². The van der Waals surface area contributed by atoms with Gasteiger partial charge in [0.2, 0.25) is 5.91 Å². The largest absolute Gasteiger partial charge is 0.311 e. The number of anilines is 1. The molecule has 1 amide bonds. The van der Waals surface area contributed by atoms with Crippen LogP contribution in [0.15, 0.2) is 18.5 Å². The van der Waals surface area contributed by atoms with Crippen molar-refractivity contribution >= 4 is 24.2 Å². The Labute approximate surface area is 99.3 Å². The number of carbonyl (C=O) groups is 1. The average Bonchev–Trinajstić information content (AvgIpc) is 2.71. The van der Waals surface area contributed by atoms with Crippen LogP contribution in [0.1, 0.15) is 12.0 Å². The van der Waals surface area contributed by atoms with E-state index >= 15 is 0 Å². The first-order chi connectivity index (χ1) is 7.74. The molecule has 82 valence electrons. The molecule has 4 nitrogen and oxygen atoms in total. The highest BCUT2D eigenvalue weighted by molar-refractivity contribution is 7.80. The van der Waals surface area contributed by atoms with Crippen molar-refractivity contribution in [3.8, 4) is 6.07 Å². The Kier molecular flexibility index (Phi) is 3.11. The molecule has 1 aliphatic rings. The highest BCUT2D eigenvalue weighted by Gasteiger charge is 2.29. The Morgan fingerprint density at radius 3 is 3.06 bits per heavy atom. The molecule has 0 saturated carbocycles. The van der Waals surface area contributed by atoms with Crippen molar-refractivity contribution in [2.24, 2.45) is 5.92 Å². The Morgan fingerprint density at radius 1 is 1.62 bits per heavy atom. The van der Waals surface area contributed by atoms with E-state index < -0.39 is 0 Å². The molecule has 16 heavy (non-hydrogen) atoms. The summed E-state index contributed by atoms with van der Waals surface area (Å²) < 4.78 is 0. The Morgan fingerprint density at radius 2 is 2.44 bits per heavy atom. The average molecular weight is 233 g/mol. The molecule has 1 saturated heterocycles. The molecule has 1 fully saturated rings. The maximum absolute atomic E-state index is 11.7. The molecule has 0 bridgehead atoms. The first-order valence-corrected chi connectivity index (χ1v) is 5.64. The van der Waals surface area contributed by atoms with Crippen LogP contribution in [0.3, 0.4) is 0 Å². The second-order valence-electron chi connectivity index (χ2n) is 3.80. The van der Waals surface area contributed by atoms with E-state index in [0.717, 1.165) is 0 Å². The third kappa shape index (κ3) is 2.02. The van der Waals surface area contributed by atoms with Crippen LogP contribution >= 0.6 is 12.6 Å². The molecule has 0 spiro atoms. The van der Waals surface area contributed by atoms with Crippen LogP contribution in [-0.4, -0.2) is 23.2 Å². The van der Waals surface area contributed by atoms with E-state index in [-0.39, 0.29) is 5.91 Å². The van der Waals surface area contributed by atoms with Crippen molar-refractivity contribution in [1.82, 2.24) is 4.98 Å². The number of hydrogen-bond acceptors (Lipinski definition) is 4. The van der Waals surface area contributed by atoms with E-state index in [1.54, 1.807) is 17.2 Å². The highest BCUT2D eigenvalue weighted by Crippen LogP contribution is 2.25. The van der Waals surface area contributed by atoms with Crippen LogP contribution in [0, 0.1) is 17.2 Å². The minimum Gasteiger partial charge on any atom is -0.311 e. The van der Waals surface area contributed by atoms with Gasteiger partial charge in [-0.2, -0.15) is 17.9 Å². The molecule has 0 aliphatic carbocycles. The van der Waals surface area contributed by atoms with Gasteiger partial charge in [-0.1, -0.05) is 0 Å². The lowest BCUT2D eigenvalue weighted by atomic mass is 10.1. The van der Waals surface area contributed by atoms with Gasteiger partial charge in [0, 0.05) is 19.2 Å². The van der Waals surface area contributed by atoms with E-state index in [1.807, 2.05) is 6.07 Å². The molecule has 1 aromatic heterocycles. The lowest BCUT2D eigenvalue weighted by molar-refractivity contribution is -0.117. The molecular weight excluding hydrogens is 222 g/mol. The number of carbonyl (C=O) groups excluding carboxylic acids is 1. The van der Waals surface area contributed by atoms with Crippen LogP contribution in [0.4, 0.5) is 5.69 Å². The minimum atomic E-state index is 0.0796. The summed E-state index contributed by atoms with van der Waals surface area (Å²) in [4.78, 5) is 17.4. The second-order valence-corrected chi connectivity index (χ2v) is 4.17. The van der Waals surface area contributed by atoms with Crippen LogP contribution in [0.2, 0.25) is 0 Å². The van der Waals surface area contributed by atoms with Gasteiger partial charge in [-0.3, -0.25) is 9.78 Å². The van der Waals surface area contributed by atoms with Gasteiger partial charge in [-0.15, -0.1) is 0 Å². The quantitative estimate of drug-likeness (QED) is 0.782. The highest BCUT2D eigenvalue weighted by atomic mass is 32.1. The third-order valence-electron chi connectivity index (χ3n) is 2.63. The number of hydrogen-bond donors (Lipinski definition) is 1. The van der Waals surface area contributed by atoms with E-state index in [2.05, 4.69) is 17.6 Å². The van der Waals surface area contributed by atoms with Crippen molar-refractivity contribution in [3.05, 3.63) is 24.0 Å². The standard InChI is InChI=1S/C11H11N3OS/c12-3-8-1-10(5-13-4-8)14-6-9(7-16)2-11(14)15/h1,4-5,9,16H,2,6-7H2. The summed E-state index contributed by atoms with van der Waals surface area (Å²) in [6.07, 6.45) is 3.63. The number of pyridine rings is 1. The smallest absolute Gasteiger partial charge is 0.227 e. The SMILES string of the molecule is N#Cc1cncc(N2CC(CS)CC2=O)c1. The van der Waals surface area contributed by atoms with Gasteiger partial charge >= 0.3 is 0 Å². The number of thiol groups is 1. The Bertz CT molecular complexity index is 455. The monoisotopic (exact) mass is 233 g/mol. The molecule has 5 heteroatoms. The van der Waals surface area contributed by atoms with Crippen LogP contribution < -0.4 is 4.90 Å². The van der Waals surface area contributed by atoms with E-state index in [9.17, 15) is 4.79 Å². The van der Waals surface area contributed by atoms with Gasteiger partial charge in [-0.25, -0.2) is 0 Å². The first-order valence-electron chi connectivity index (χ1n) is 5.01. The van der Waals surface area contributed by atoms with E-state index in [4.69, 9.17) is 5.26 Å². The van der Waals surface area contributed by atoms with Crippen molar-refractivity contribution in [1.29, 1.82) is 5.26 Å². The van der Waals surface area contributed by atoms with Gasteiger partial charge < -0.3 is 4.90 Å². The van der Waals surface area contributed by atoms with Gasteiger partial charge in [0.1, 0.15) is 6.07 Å². The number of rotatable bonds is 2. The van der Waals surface area contributed by atoms with Gasteiger partial charge in [-0.05, 0) is 17.7 Å². The Balaban J connectivity index is 2.25. The molecule has 2 heterocycles. The molecule has 0 radical (unpaired) electrons. The second kappa shape index (κ2) is 4.54. The minimum absolute atomic E-state index is 0.0796. The summed E-state index contributed by atoms with van der Waals surface area (Å²) in [6, 6.07) is 3.70. The van der Waals surface area contributed by atoms with Gasteiger partial charge in [0.05, 0.1) is 17.4 Å². The number of nitriles is 1. The predicted octanol–water partition coefficient (Wildman–Crippen LogP) is 1.24. The maximum atomic E-state index is 11.7. The molecule has 1 atom stereocenters. The van der Waals surface area contributed by atoms with Crippen molar-refractivity contribution < 1.29 is 4.79 Å². The van der Waals surface area contributed by atoms with Crippen LogP contribution in [0.5, 0.6) is 0 Å². The topological polar surface area (TPSA) is 57.0 Å². The number of amides is 1. The summed E-state index contributed by atoms with van der Waals surface area (Å²) in [6.45, 7) is 0.666. The fourth-order valence-electron chi connectivity index (χ4n) is 1.79. The zero-order valence-electron chi connectivity index (χ0n) is 8.63. The molecule has 1 aliphatic heterocycles. The summed E-state index contributed by atoms with van der Waals surface area (Å²) >= 11 is 4.20. The van der Waals surface area contributed by atoms with Crippen LogP contribution in [-0.2, 0) is 4.79 Å². The molecular formula is C11H11N3OS. The zero-order valence-corrected chi connectivity index (χ0v) is 9.52. The molecule has 0 N–H and O–H groups in total. The Hall–Kier alpha value is -1.54. The summed E-state index contributed by atoms with van der Waals surface area (Å²) in [7, 11) is 0. The van der Waals surface area contributed by atoms with Crippen molar-refractivity contribution in [2.75, 3.05) is 17.2 Å². The lowest BCUT2D eigenvalue weighted by Crippen LogP contribution is -2.24. The van der Waals surface area contributed by atoms with Crippen molar-refractivity contribution in [2.45, 2.75) is 6.42 Å². The third-order valence-corrected chi connectivity index (χ3v) is 3.14. The molecule has 0 aromatic carbocycles. The lowest BCUT2D eigenvalue weighted by Gasteiger charge is -2.15. The summed E-state index contributed by atoms with van der Waals surface area (Å²) in [5.74, 6) is 1.07. The molecule has 1 aromatic rings. The van der Waals surface area contributed by atoms with E-state index in [1.165, 1.54) is 6.20 Å². The van der Waals surface area contributed by atoms with Crippen LogP contribution in [0.25, 0.3) is 0 Å². The van der Waals surface area contributed by atoms with E-state index in [0.29, 0.717) is 35.9 Å². The zero-order chi connectivity index (χ0) is 11.5.